The standard InChI is InChI=1S/C25H26N2O4S/c1-16(26-25(30)31-17(2)19-12-14-21(32-3)15-13-19)18-8-10-20(11-9-18)24(29)27-22-6-4-5-7-23(22)28/h4-17,28H,1-3H3,(H,26,30)(H,27,29)/t16-,17+/m1/s1. The van der Waals surface area contributed by atoms with Gasteiger partial charge in [0.05, 0.1) is 11.7 Å². The van der Waals surface area contributed by atoms with Gasteiger partial charge in [0, 0.05) is 10.5 Å². The van der Waals surface area contributed by atoms with Gasteiger partial charge in [-0.15, -0.1) is 11.8 Å². The van der Waals surface area contributed by atoms with Gasteiger partial charge in [0.25, 0.3) is 5.91 Å². The Labute approximate surface area is 192 Å². The number of alkyl carbamates (subject to hydrolysis) is 1. The molecule has 0 bridgehead atoms. The monoisotopic (exact) mass is 450 g/mol. The number of aromatic hydroxyl groups is 1. The molecule has 3 rings (SSSR count). The maximum atomic E-state index is 12.4. The number of carbonyl (C=O) groups is 2. The quantitative estimate of drug-likeness (QED) is 0.307. The van der Waals surface area contributed by atoms with Crippen LogP contribution >= 0.6 is 11.8 Å². The molecule has 0 aliphatic heterocycles. The first kappa shape index (κ1) is 23.2. The van der Waals surface area contributed by atoms with Gasteiger partial charge >= 0.3 is 6.09 Å². The van der Waals surface area contributed by atoms with E-state index in [1.165, 1.54) is 6.07 Å². The van der Waals surface area contributed by atoms with Gasteiger partial charge in [-0.1, -0.05) is 36.4 Å². The summed E-state index contributed by atoms with van der Waals surface area (Å²) in [4.78, 5) is 25.9. The molecule has 166 valence electrons. The van der Waals surface area contributed by atoms with Crippen molar-refractivity contribution in [1.29, 1.82) is 0 Å². The Balaban J connectivity index is 1.55. The van der Waals surface area contributed by atoms with Crippen LogP contribution in [0.3, 0.4) is 0 Å². The number of thioether (sulfide) groups is 1. The summed E-state index contributed by atoms with van der Waals surface area (Å²) in [5, 5.41) is 15.3. The Morgan fingerprint density at radius 3 is 2.16 bits per heavy atom. The van der Waals surface area contributed by atoms with Crippen LogP contribution in [0.2, 0.25) is 0 Å². The topological polar surface area (TPSA) is 87.7 Å². The van der Waals surface area contributed by atoms with Crippen molar-refractivity contribution >= 4 is 29.4 Å². The Kier molecular flexibility index (Phi) is 7.78. The van der Waals surface area contributed by atoms with E-state index < -0.39 is 6.09 Å². The van der Waals surface area contributed by atoms with Crippen LogP contribution < -0.4 is 10.6 Å². The number of anilines is 1. The second-order valence-electron chi connectivity index (χ2n) is 7.28. The van der Waals surface area contributed by atoms with Gasteiger partial charge in [-0.2, -0.15) is 0 Å². The first-order chi connectivity index (χ1) is 15.4. The lowest BCUT2D eigenvalue weighted by Gasteiger charge is -2.18. The van der Waals surface area contributed by atoms with Crippen molar-refractivity contribution in [3.8, 4) is 5.75 Å². The van der Waals surface area contributed by atoms with E-state index in [1.54, 1.807) is 54.2 Å². The van der Waals surface area contributed by atoms with E-state index in [-0.39, 0.29) is 23.8 Å². The van der Waals surface area contributed by atoms with Crippen molar-refractivity contribution in [2.24, 2.45) is 0 Å². The maximum absolute atomic E-state index is 12.4. The van der Waals surface area contributed by atoms with Crippen molar-refractivity contribution in [1.82, 2.24) is 5.32 Å². The predicted molar refractivity (Wildman–Crippen MR) is 127 cm³/mol. The van der Waals surface area contributed by atoms with Crippen molar-refractivity contribution in [2.45, 2.75) is 30.9 Å². The highest BCUT2D eigenvalue weighted by Gasteiger charge is 2.16. The number of hydrogen-bond donors (Lipinski definition) is 3. The number of phenols is 1. The second kappa shape index (κ2) is 10.7. The highest BCUT2D eigenvalue weighted by atomic mass is 32.2. The Morgan fingerprint density at radius 1 is 0.906 bits per heavy atom. The molecule has 3 N–H and O–H groups in total. The van der Waals surface area contributed by atoms with Crippen LogP contribution in [0.4, 0.5) is 10.5 Å². The molecule has 2 atom stereocenters. The molecular formula is C25H26N2O4S. The summed E-state index contributed by atoms with van der Waals surface area (Å²) in [6, 6.07) is 21.0. The molecule has 32 heavy (non-hydrogen) atoms. The zero-order valence-corrected chi connectivity index (χ0v) is 19.0. The number of hydrogen-bond acceptors (Lipinski definition) is 5. The molecule has 0 aromatic heterocycles. The number of phenolic OH excluding ortho intramolecular Hbond substituents is 1. The molecular weight excluding hydrogens is 424 g/mol. The smallest absolute Gasteiger partial charge is 0.408 e. The minimum Gasteiger partial charge on any atom is -0.506 e. The fourth-order valence-electron chi connectivity index (χ4n) is 3.09. The summed E-state index contributed by atoms with van der Waals surface area (Å²) in [5.41, 5.74) is 2.54. The van der Waals surface area contributed by atoms with E-state index in [0.29, 0.717) is 11.3 Å². The Morgan fingerprint density at radius 2 is 1.53 bits per heavy atom. The molecule has 3 aromatic carbocycles. The van der Waals surface area contributed by atoms with E-state index in [0.717, 1.165) is 16.0 Å². The fraction of sp³-hybridized carbons (Fsp3) is 0.200. The number of ether oxygens (including phenoxy) is 1. The summed E-state index contributed by atoms with van der Waals surface area (Å²) in [5.74, 6) is -0.331. The van der Waals surface area contributed by atoms with Gasteiger partial charge in [0.1, 0.15) is 11.9 Å². The van der Waals surface area contributed by atoms with Gasteiger partial charge < -0.3 is 20.5 Å². The molecule has 0 spiro atoms. The highest BCUT2D eigenvalue weighted by Crippen LogP contribution is 2.23. The molecule has 0 fully saturated rings. The average molecular weight is 451 g/mol. The van der Waals surface area contributed by atoms with Crippen molar-refractivity contribution in [3.05, 3.63) is 89.5 Å². The molecule has 0 aliphatic carbocycles. The summed E-state index contributed by atoms with van der Waals surface area (Å²) in [6.07, 6.45) is 1.12. The number of rotatable bonds is 7. The van der Waals surface area contributed by atoms with Crippen LogP contribution in [0.25, 0.3) is 0 Å². The third-order valence-corrected chi connectivity index (χ3v) is 5.77. The van der Waals surface area contributed by atoms with Gasteiger partial charge in [0.2, 0.25) is 0 Å². The average Bonchev–Trinajstić information content (AvgIpc) is 2.80. The van der Waals surface area contributed by atoms with Crippen LogP contribution in [0.15, 0.2) is 77.7 Å². The van der Waals surface area contributed by atoms with E-state index in [4.69, 9.17) is 4.74 Å². The van der Waals surface area contributed by atoms with Crippen molar-refractivity contribution < 1.29 is 19.4 Å². The first-order valence-electron chi connectivity index (χ1n) is 10.2. The minimum atomic E-state index is -0.514. The summed E-state index contributed by atoms with van der Waals surface area (Å²) < 4.78 is 5.50. The first-order valence-corrected chi connectivity index (χ1v) is 11.4. The van der Waals surface area contributed by atoms with Crippen LogP contribution in [-0.2, 0) is 4.74 Å². The molecule has 0 heterocycles. The van der Waals surface area contributed by atoms with Gasteiger partial charge in [-0.05, 0) is 67.6 Å². The summed E-state index contributed by atoms with van der Waals surface area (Å²) in [6.45, 7) is 3.67. The molecule has 0 radical (unpaired) electrons. The fourth-order valence-corrected chi connectivity index (χ4v) is 3.50. The normalized spacial score (nSPS) is 12.5. The number of amides is 2. The lowest BCUT2D eigenvalue weighted by Crippen LogP contribution is -2.28. The molecule has 0 aliphatic rings. The van der Waals surface area contributed by atoms with Gasteiger partial charge in [-0.25, -0.2) is 4.79 Å². The highest BCUT2D eigenvalue weighted by molar-refractivity contribution is 7.98. The largest absolute Gasteiger partial charge is 0.506 e. The van der Waals surface area contributed by atoms with Crippen LogP contribution in [-0.4, -0.2) is 23.4 Å². The maximum Gasteiger partial charge on any atom is 0.408 e. The van der Waals surface area contributed by atoms with Crippen LogP contribution in [0.5, 0.6) is 5.75 Å². The number of para-hydroxylation sites is 2. The molecule has 6 nitrogen and oxygen atoms in total. The molecule has 7 heteroatoms. The molecule has 0 saturated heterocycles. The lowest BCUT2D eigenvalue weighted by molar-refractivity contribution is 0.102. The molecule has 2 amide bonds. The second-order valence-corrected chi connectivity index (χ2v) is 8.16. The Hall–Kier alpha value is -3.45. The number of nitrogens with one attached hydrogen (secondary N) is 2. The third-order valence-electron chi connectivity index (χ3n) is 5.03. The van der Waals surface area contributed by atoms with Gasteiger partial charge in [-0.3, -0.25) is 4.79 Å². The summed E-state index contributed by atoms with van der Waals surface area (Å²) >= 11 is 1.66. The SMILES string of the molecule is CSc1ccc([C@H](C)OC(=O)N[C@H](C)c2ccc(C(=O)Nc3ccccc3O)cc2)cc1. The van der Waals surface area contributed by atoms with E-state index >= 15 is 0 Å². The Bertz CT molecular complexity index is 1070. The molecule has 0 unspecified atom stereocenters. The van der Waals surface area contributed by atoms with Crippen molar-refractivity contribution in [2.75, 3.05) is 11.6 Å². The van der Waals surface area contributed by atoms with Crippen LogP contribution in [0.1, 0.15) is 47.5 Å². The molecule has 0 saturated carbocycles. The van der Waals surface area contributed by atoms with Crippen LogP contribution in [0, 0.1) is 0 Å². The minimum absolute atomic E-state index is 0.00299. The number of carbonyl (C=O) groups excluding carboxylic acids is 2. The van der Waals surface area contributed by atoms with Gasteiger partial charge in [0.15, 0.2) is 0 Å². The lowest BCUT2D eigenvalue weighted by atomic mass is 10.1. The zero-order valence-electron chi connectivity index (χ0n) is 18.2. The van der Waals surface area contributed by atoms with E-state index in [9.17, 15) is 14.7 Å². The number of benzene rings is 3. The third kappa shape index (κ3) is 6.04. The van der Waals surface area contributed by atoms with Crippen molar-refractivity contribution in [3.63, 3.8) is 0 Å². The summed E-state index contributed by atoms with van der Waals surface area (Å²) in [7, 11) is 0. The molecule has 3 aromatic rings. The van der Waals surface area contributed by atoms with E-state index in [1.807, 2.05) is 44.4 Å². The predicted octanol–water partition coefficient (Wildman–Crippen LogP) is 5.91. The van der Waals surface area contributed by atoms with E-state index in [2.05, 4.69) is 10.6 Å². The zero-order chi connectivity index (χ0) is 23.1.